The summed E-state index contributed by atoms with van der Waals surface area (Å²) in [6, 6.07) is 14.6. The monoisotopic (exact) mass is 371 g/mol. The van der Waals surface area contributed by atoms with Crippen LogP contribution in [0.1, 0.15) is 10.4 Å². The molecule has 0 fully saturated rings. The van der Waals surface area contributed by atoms with Crippen molar-refractivity contribution in [3.63, 3.8) is 0 Å². The average molecular weight is 371 g/mol. The number of hydrogen-bond donors (Lipinski definition) is 1. The molecule has 28 heavy (non-hydrogen) atoms. The third-order valence-electron chi connectivity index (χ3n) is 4.00. The highest BCUT2D eigenvalue weighted by Crippen LogP contribution is 2.22. The van der Waals surface area contributed by atoms with Gasteiger partial charge in [0.15, 0.2) is 0 Å². The van der Waals surface area contributed by atoms with Crippen molar-refractivity contribution in [2.45, 2.75) is 0 Å². The fourth-order valence-corrected chi connectivity index (χ4v) is 2.62. The van der Waals surface area contributed by atoms with Crippen LogP contribution in [0.4, 0.5) is 5.82 Å². The topological polar surface area (TPSA) is 81.9 Å². The molecule has 0 saturated heterocycles. The number of carbonyl (C=O) groups excluding carboxylic acids is 1. The SMILES string of the molecule is Cn1cc(-c2cncc(C(=O)Nc3ccc(Oc4ccccc4)cn3)c2)cn1. The normalized spacial score (nSPS) is 10.5. The summed E-state index contributed by atoms with van der Waals surface area (Å²) in [4.78, 5) is 20.9. The Labute approximate surface area is 161 Å². The maximum Gasteiger partial charge on any atom is 0.258 e. The number of aromatic nitrogens is 4. The minimum Gasteiger partial charge on any atom is -0.456 e. The van der Waals surface area contributed by atoms with Crippen LogP contribution in [0.15, 0.2) is 79.5 Å². The molecule has 7 nitrogen and oxygen atoms in total. The number of carbonyl (C=O) groups is 1. The molecule has 1 amide bonds. The van der Waals surface area contributed by atoms with Gasteiger partial charge in [0.25, 0.3) is 5.91 Å². The molecule has 1 aromatic carbocycles. The van der Waals surface area contributed by atoms with Crippen LogP contribution in [0.2, 0.25) is 0 Å². The first-order chi connectivity index (χ1) is 13.7. The standard InChI is InChI=1S/C21H17N5O2/c1-26-14-17(12-24-26)15-9-16(11-22-10-15)21(27)25-20-8-7-19(13-23-20)28-18-5-3-2-4-6-18/h2-14H,1H3,(H,23,25,27). The fraction of sp³-hybridized carbons (Fsp3) is 0.0476. The fourth-order valence-electron chi connectivity index (χ4n) is 2.62. The van der Waals surface area contributed by atoms with E-state index in [1.165, 1.54) is 6.20 Å². The van der Waals surface area contributed by atoms with Gasteiger partial charge in [0, 0.05) is 36.8 Å². The van der Waals surface area contributed by atoms with Crippen LogP contribution in [0.5, 0.6) is 11.5 Å². The van der Waals surface area contributed by atoms with Gasteiger partial charge in [-0.05, 0) is 30.3 Å². The van der Waals surface area contributed by atoms with Crippen LogP contribution in [-0.2, 0) is 7.05 Å². The lowest BCUT2D eigenvalue weighted by atomic mass is 10.1. The number of nitrogens with zero attached hydrogens (tertiary/aromatic N) is 4. The van der Waals surface area contributed by atoms with Gasteiger partial charge in [-0.15, -0.1) is 0 Å². The van der Waals surface area contributed by atoms with E-state index >= 15 is 0 Å². The van der Waals surface area contributed by atoms with E-state index in [0.29, 0.717) is 17.1 Å². The first-order valence-electron chi connectivity index (χ1n) is 8.62. The maximum atomic E-state index is 12.5. The van der Waals surface area contributed by atoms with Crippen molar-refractivity contribution in [2.75, 3.05) is 5.32 Å². The molecule has 7 heteroatoms. The summed E-state index contributed by atoms with van der Waals surface area (Å²) in [6.07, 6.45) is 8.37. The minimum atomic E-state index is -0.289. The molecule has 0 spiro atoms. The molecule has 0 radical (unpaired) electrons. The molecular formula is C21H17N5O2. The van der Waals surface area contributed by atoms with Crippen LogP contribution < -0.4 is 10.1 Å². The van der Waals surface area contributed by atoms with Gasteiger partial charge in [-0.1, -0.05) is 18.2 Å². The lowest BCUT2D eigenvalue weighted by molar-refractivity contribution is 0.102. The van der Waals surface area contributed by atoms with Crippen LogP contribution in [0, 0.1) is 0 Å². The molecule has 4 aromatic rings. The molecule has 138 valence electrons. The van der Waals surface area contributed by atoms with Crippen LogP contribution in [0.25, 0.3) is 11.1 Å². The van der Waals surface area contributed by atoms with Gasteiger partial charge in [-0.2, -0.15) is 5.10 Å². The summed E-state index contributed by atoms with van der Waals surface area (Å²) in [6.45, 7) is 0. The van der Waals surface area contributed by atoms with Crippen molar-refractivity contribution >= 4 is 11.7 Å². The Balaban J connectivity index is 1.45. The molecule has 3 heterocycles. The van der Waals surface area contributed by atoms with E-state index in [0.717, 1.165) is 16.9 Å². The zero-order valence-corrected chi connectivity index (χ0v) is 15.1. The van der Waals surface area contributed by atoms with Gasteiger partial charge in [0.1, 0.15) is 17.3 Å². The Hall–Kier alpha value is -4.00. The number of pyridine rings is 2. The summed E-state index contributed by atoms with van der Waals surface area (Å²) >= 11 is 0. The second-order valence-corrected chi connectivity index (χ2v) is 6.11. The quantitative estimate of drug-likeness (QED) is 0.575. The first kappa shape index (κ1) is 17.4. The Morgan fingerprint density at radius 2 is 1.82 bits per heavy atom. The molecule has 3 aromatic heterocycles. The van der Waals surface area contributed by atoms with Gasteiger partial charge in [-0.3, -0.25) is 14.5 Å². The second kappa shape index (κ2) is 7.71. The number of aryl methyl sites for hydroxylation is 1. The Bertz CT molecular complexity index is 1090. The lowest BCUT2D eigenvalue weighted by Crippen LogP contribution is -2.13. The smallest absolute Gasteiger partial charge is 0.258 e. The number of anilines is 1. The minimum absolute atomic E-state index is 0.289. The van der Waals surface area contributed by atoms with E-state index in [9.17, 15) is 4.79 Å². The molecule has 1 N–H and O–H groups in total. The largest absolute Gasteiger partial charge is 0.456 e. The van der Waals surface area contributed by atoms with Crippen molar-refractivity contribution in [1.29, 1.82) is 0 Å². The third-order valence-corrected chi connectivity index (χ3v) is 4.00. The summed E-state index contributed by atoms with van der Waals surface area (Å²) in [5, 5.41) is 6.91. The van der Waals surface area contributed by atoms with Gasteiger partial charge in [0.2, 0.25) is 0 Å². The predicted molar refractivity (Wildman–Crippen MR) is 105 cm³/mol. The molecule has 0 unspecified atom stereocenters. The average Bonchev–Trinajstić information content (AvgIpc) is 3.17. The molecule has 4 rings (SSSR count). The van der Waals surface area contributed by atoms with E-state index in [1.54, 1.807) is 41.5 Å². The maximum absolute atomic E-state index is 12.5. The number of amides is 1. The van der Waals surface area contributed by atoms with E-state index in [1.807, 2.05) is 43.6 Å². The zero-order valence-electron chi connectivity index (χ0n) is 15.1. The molecule has 0 aliphatic rings. The van der Waals surface area contributed by atoms with Crippen molar-refractivity contribution < 1.29 is 9.53 Å². The van der Waals surface area contributed by atoms with Gasteiger partial charge in [0.05, 0.1) is 18.0 Å². The van der Waals surface area contributed by atoms with Crippen molar-refractivity contribution in [3.05, 3.63) is 85.1 Å². The number of para-hydroxylation sites is 1. The summed E-state index contributed by atoms with van der Waals surface area (Å²) < 4.78 is 7.40. The highest BCUT2D eigenvalue weighted by molar-refractivity contribution is 6.04. The number of rotatable bonds is 5. The zero-order chi connectivity index (χ0) is 19.3. The summed E-state index contributed by atoms with van der Waals surface area (Å²) in [7, 11) is 1.84. The van der Waals surface area contributed by atoms with E-state index < -0.39 is 0 Å². The van der Waals surface area contributed by atoms with E-state index in [-0.39, 0.29) is 5.91 Å². The highest BCUT2D eigenvalue weighted by Gasteiger charge is 2.10. The molecular weight excluding hydrogens is 354 g/mol. The van der Waals surface area contributed by atoms with E-state index in [4.69, 9.17) is 4.74 Å². The summed E-state index contributed by atoms with van der Waals surface area (Å²) in [5.41, 5.74) is 2.15. The van der Waals surface area contributed by atoms with Crippen LogP contribution in [0.3, 0.4) is 0 Å². The molecule has 0 aliphatic carbocycles. The second-order valence-electron chi connectivity index (χ2n) is 6.11. The number of nitrogens with one attached hydrogen (secondary N) is 1. The molecule has 0 saturated carbocycles. The van der Waals surface area contributed by atoms with Crippen LogP contribution >= 0.6 is 0 Å². The van der Waals surface area contributed by atoms with Gasteiger partial charge in [-0.25, -0.2) is 4.98 Å². The van der Waals surface area contributed by atoms with E-state index in [2.05, 4.69) is 20.4 Å². The number of benzene rings is 1. The molecule has 0 atom stereocenters. The Morgan fingerprint density at radius 3 is 2.54 bits per heavy atom. The lowest BCUT2D eigenvalue weighted by Gasteiger charge is -2.08. The Kier molecular flexibility index (Phi) is 4.79. The van der Waals surface area contributed by atoms with Crippen LogP contribution in [-0.4, -0.2) is 25.7 Å². The molecule has 0 bridgehead atoms. The predicted octanol–water partition coefficient (Wildman–Crippen LogP) is 3.92. The summed E-state index contributed by atoms with van der Waals surface area (Å²) in [5.74, 6) is 1.45. The Morgan fingerprint density at radius 1 is 0.964 bits per heavy atom. The van der Waals surface area contributed by atoms with Gasteiger partial charge >= 0.3 is 0 Å². The first-order valence-corrected chi connectivity index (χ1v) is 8.62. The highest BCUT2D eigenvalue weighted by atomic mass is 16.5. The van der Waals surface area contributed by atoms with Crippen molar-refractivity contribution in [3.8, 4) is 22.6 Å². The number of ether oxygens (including phenoxy) is 1. The van der Waals surface area contributed by atoms with Crippen molar-refractivity contribution in [1.82, 2.24) is 19.7 Å². The van der Waals surface area contributed by atoms with Gasteiger partial charge < -0.3 is 10.1 Å². The van der Waals surface area contributed by atoms with Crippen molar-refractivity contribution in [2.24, 2.45) is 7.05 Å². The number of hydrogen-bond acceptors (Lipinski definition) is 5. The molecule has 0 aliphatic heterocycles. The third kappa shape index (κ3) is 4.04.